The molecule has 1 aliphatic heterocycles. The topological polar surface area (TPSA) is 125 Å². The number of aliphatic carboxylic acids is 1. The molecule has 242 valence electrons. The van der Waals surface area contributed by atoms with Crippen molar-refractivity contribution >= 4 is 23.5 Å². The molecule has 2 N–H and O–H groups in total. The molecule has 3 aromatic carbocycles. The summed E-state index contributed by atoms with van der Waals surface area (Å²) < 4.78 is 12.5. The van der Waals surface area contributed by atoms with Crippen LogP contribution in [-0.4, -0.2) is 46.0 Å². The van der Waals surface area contributed by atoms with Crippen LogP contribution >= 0.6 is 11.6 Å². The second-order valence-electron chi connectivity index (χ2n) is 11.6. The van der Waals surface area contributed by atoms with Crippen molar-refractivity contribution in [2.24, 2.45) is 0 Å². The van der Waals surface area contributed by atoms with E-state index < -0.39 is 12.0 Å². The summed E-state index contributed by atoms with van der Waals surface area (Å²) in [6, 6.07) is 18.5. The van der Waals surface area contributed by atoms with E-state index >= 15 is 0 Å². The van der Waals surface area contributed by atoms with Gasteiger partial charge in [-0.15, -0.1) is 0 Å². The Morgan fingerprint density at radius 2 is 1.77 bits per heavy atom. The molecule has 9 nitrogen and oxygen atoms in total. The molecule has 0 bridgehead atoms. The zero-order valence-electron chi connectivity index (χ0n) is 26.7. The predicted octanol–water partition coefficient (Wildman–Crippen LogP) is 6.85. The van der Waals surface area contributed by atoms with Crippen LogP contribution in [0.3, 0.4) is 0 Å². The molecule has 1 amide bonds. The second kappa shape index (κ2) is 15.1. The standard InChI is InChI=1S/C37H37ClN4O5/c1-4-41-36(43)31-11-6-10-30(24(31)3)29-9-5-8-27(23(29)2)22-47-35-16-34(46-21-26-14-25(17-39)18-40-19-26)28(15-32(35)38)20-42-13-7-12-33(42)37(44)45/h5-6,8-11,14-16,18-19,33H,4,7,12-13,20-22H2,1-3H3,(H,41,43)(H,44,45)/t33-/m0/s1. The Balaban J connectivity index is 1.41. The number of hydrogen-bond donors (Lipinski definition) is 2. The van der Waals surface area contributed by atoms with E-state index in [-0.39, 0.29) is 19.1 Å². The number of benzene rings is 3. The summed E-state index contributed by atoms with van der Waals surface area (Å²) in [5.41, 5.74) is 7.38. The molecule has 47 heavy (non-hydrogen) atoms. The van der Waals surface area contributed by atoms with E-state index in [1.54, 1.807) is 24.4 Å². The number of ether oxygens (including phenoxy) is 2. The van der Waals surface area contributed by atoms with Crippen molar-refractivity contribution in [1.29, 1.82) is 5.26 Å². The molecule has 0 unspecified atom stereocenters. The van der Waals surface area contributed by atoms with Gasteiger partial charge in [0, 0.05) is 48.2 Å². The summed E-state index contributed by atoms with van der Waals surface area (Å²) in [6.45, 7) is 7.82. The Labute approximate surface area is 279 Å². The number of pyridine rings is 1. The smallest absolute Gasteiger partial charge is 0.320 e. The number of halogens is 1. The highest BCUT2D eigenvalue weighted by molar-refractivity contribution is 6.32. The molecule has 10 heteroatoms. The number of nitrogens with one attached hydrogen (secondary N) is 1. The third-order valence-corrected chi connectivity index (χ3v) is 8.79. The van der Waals surface area contributed by atoms with Gasteiger partial charge >= 0.3 is 5.97 Å². The van der Waals surface area contributed by atoms with Crippen LogP contribution in [0.2, 0.25) is 5.02 Å². The summed E-state index contributed by atoms with van der Waals surface area (Å²) in [5.74, 6) is -0.0210. The molecular weight excluding hydrogens is 616 g/mol. The summed E-state index contributed by atoms with van der Waals surface area (Å²) in [7, 11) is 0. The predicted molar refractivity (Wildman–Crippen MR) is 179 cm³/mol. The Bertz CT molecular complexity index is 1840. The van der Waals surface area contributed by atoms with E-state index in [0.717, 1.165) is 45.4 Å². The van der Waals surface area contributed by atoms with Gasteiger partial charge in [-0.1, -0.05) is 41.9 Å². The molecule has 0 radical (unpaired) electrons. The highest BCUT2D eigenvalue weighted by Crippen LogP contribution is 2.37. The molecule has 0 aliphatic carbocycles. The van der Waals surface area contributed by atoms with Gasteiger partial charge < -0.3 is 19.9 Å². The van der Waals surface area contributed by atoms with Crippen LogP contribution in [0.25, 0.3) is 11.1 Å². The number of nitrogens with zero attached hydrogens (tertiary/aromatic N) is 3. The first-order chi connectivity index (χ1) is 22.7. The molecule has 0 spiro atoms. The van der Waals surface area contributed by atoms with Crippen LogP contribution in [-0.2, 0) is 24.6 Å². The molecule has 1 fully saturated rings. The average molecular weight is 653 g/mol. The highest BCUT2D eigenvalue weighted by Gasteiger charge is 2.31. The molecule has 5 rings (SSSR count). The van der Waals surface area contributed by atoms with E-state index in [2.05, 4.69) is 16.4 Å². The van der Waals surface area contributed by atoms with Gasteiger partial charge in [0.15, 0.2) is 0 Å². The Hall–Kier alpha value is -4.91. The minimum atomic E-state index is -0.848. The third-order valence-electron chi connectivity index (χ3n) is 8.49. The molecule has 0 saturated carbocycles. The van der Waals surface area contributed by atoms with Crippen LogP contribution in [0.15, 0.2) is 67.0 Å². The van der Waals surface area contributed by atoms with Crippen molar-refractivity contribution in [2.75, 3.05) is 13.1 Å². The molecule has 2 heterocycles. The van der Waals surface area contributed by atoms with Crippen molar-refractivity contribution in [3.63, 3.8) is 0 Å². The molecule has 1 saturated heterocycles. The van der Waals surface area contributed by atoms with Crippen molar-refractivity contribution in [1.82, 2.24) is 15.2 Å². The zero-order valence-corrected chi connectivity index (χ0v) is 27.4. The van der Waals surface area contributed by atoms with Crippen LogP contribution in [0.1, 0.15) is 63.5 Å². The number of rotatable bonds is 12. The number of hydrogen-bond acceptors (Lipinski definition) is 7. The largest absolute Gasteiger partial charge is 0.488 e. The SMILES string of the molecule is CCNC(=O)c1cccc(-c2cccc(COc3cc(OCc4cncc(C#N)c4)c(CN4CCC[C@H]4C(=O)O)cc3Cl)c2C)c1C. The number of likely N-dealkylation sites (tertiary alicyclic amines) is 1. The van der Waals surface area contributed by atoms with Crippen LogP contribution in [0.4, 0.5) is 0 Å². The Morgan fingerprint density at radius 1 is 1.02 bits per heavy atom. The number of carbonyl (C=O) groups excluding carboxylic acids is 1. The molecule has 1 aromatic heterocycles. The lowest BCUT2D eigenvalue weighted by molar-refractivity contribution is -0.142. The molecular formula is C37H37ClN4O5. The van der Waals surface area contributed by atoms with Gasteiger partial charge in [-0.3, -0.25) is 19.5 Å². The van der Waals surface area contributed by atoms with Crippen molar-refractivity contribution in [3.8, 4) is 28.7 Å². The Kier molecular flexibility index (Phi) is 10.8. The van der Waals surface area contributed by atoms with Gasteiger partial charge in [0.1, 0.15) is 36.8 Å². The maximum Gasteiger partial charge on any atom is 0.320 e. The number of aromatic nitrogens is 1. The van der Waals surface area contributed by atoms with Gasteiger partial charge in [0.2, 0.25) is 0 Å². The summed E-state index contributed by atoms with van der Waals surface area (Å²) in [6.07, 6.45) is 4.50. The zero-order chi connectivity index (χ0) is 33.5. The molecule has 4 aromatic rings. The van der Waals surface area contributed by atoms with E-state index in [0.29, 0.717) is 53.7 Å². The van der Waals surface area contributed by atoms with Crippen LogP contribution < -0.4 is 14.8 Å². The van der Waals surface area contributed by atoms with E-state index in [9.17, 15) is 20.0 Å². The van der Waals surface area contributed by atoms with Crippen LogP contribution in [0.5, 0.6) is 11.5 Å². The summed E-state index contributed by atoms with van der Waals surface area (Å²) in [5, 5.41) is 22.3. The summed E-state index contributed by atoms with van der Waals surface area (Å²) >= 11 is 6.77. The van der Waals surface area contributed by atoms with Gasteiger partial charge in [0.25, 0.3) is 5.91 Å². The van der Waals surface area contributed by atoms with E-state index in [1.807, 2.05) is 62.1 Å². The van der Waals surface area contributed by atoms with Gasteiger partial charge in [-0.25, -0.2) is 0 Å². The first-order valence-electron chi connectivity index (χ1n) is 15.6. The average Bonchev–Trinajstić information content (AvgIpc) is 3.53. The first-order valence-corrected chi connectivity index (χ1v) is 15.9. The minimum Gasteiger partial charge on any atom is -0.488 e. The van der Waals surface area contributed by atoms with Gasteiger partial charge in [-0.05, 0) is 86.2 Å². The monoisotopic (exact) mass is 652 g/mol. The number of nitriles is 1. The number of carboxylic acid groups (broad SMARTS) is 1. The highest BCUT2D eigenvalue weighted by atomic mass is 35.5. The fourth-order valence-electron chi connectivity index (χ4n) is 5.96. The fourth-order valence-corrected chi connectivity index (χ4v) is 6.20. The Morgan fingerprint density at radius 3 is 2.51 bits per heavy atom. The maximum absolute atomic E-state index is 12.6. The molecule has 1 aliphatic rings. The quantitative estimate of drug-likeness (QED) is 0.170. The van der Waals surface area contributed by atoms with Crippen molar-refractivity contribution < 1.29 is 24.2 Å². The lowest BCUT2D eigenvalue weighted by atomic mass is 9.91. The minimum absolute atomic E-state index is 0.0997. The normalized spacial score (nSPS) is 14.4. The second-order valence-corrected chi connectivity index (χ2v) is 12.0. The lowest BCUT2D eigenvalue weighted by Gasteiger charge is -2.23. The fraction of sp³-hybridized carbons (Fsp3) is 0.297. The number of carbonyl (C=O) groups is 2. The number of amides is 1. The van der Waals surface area contributed by atoms with Crippen molar-refractivity contribution in [2.45, 2.75) is 59.4 Å². The van der Waals surface area contributed by atoms with Crippen LogP contribution in [0, 0.1) is 25.2 Å². The molecule has 1 atom stereocenters. The van der Waals surface area contributed by atoms with E-state index in [1.165, 1.54) is 6.20 Å². The maximum atomic E-state index is 12.6. The first kappa shape index (κ1) is 33.5. The third kappa shape index (κ3) is 7.74. The van der Waals surface area contributed by atoms with Gasteiger partial charge in [0.05, 0.1) is 10.6 Å². The lowest BCUT2D eigenvalue weighted by Crippen LogP contribution is -2.35. The summed E-state index contributed by atoms with van der Waals surface area (Å²) in [4.78, 5) is 30.5. The van der Waals surface area contributed by atoms with E-state index in [4.69, 9.17) is 21.1 Å². The number of carboxylic acids is 1. The van der Waals surface area contributed by atoms with Gasteiger partial charge in [-0.2, -0.15) is 5.26 Å². The van der Waals surface area contributed by atoms with Crippen molar-refractivity contribution in [3.05, 3.63) is 111 Å².